The maximum atomic E-state index is 12.5. The van der Waals surface area contributed by atoms with Crippen LogP contribution in [0.3, 0.4) is 0 Å². The second-order valence-corrected chi connectivity index (χ2v) is 4.28. The summed E-state index contributed by atoms with van der Waals surface area (Å²) in [4.78, 5) is 7.68. The molecule has 0 amide bonds. The SMILES string of the molecule is FC(F)(F)c1ccc(Nc2nccnc2Cl)c(Cl)c1. The molecular formula is C11H6Cl2F3N3. The van der Waals surface area contributed by atoms with Gasteiger partial charge in [-0.05, 0) is 18.2 Å². The largest absolute Gasteiger partial charge is 0.416 e. The first kappa shape index (κ1) is 13.9. The third kappa shape index (κ3) is 3.27. The molecule has 8 heteroatoms. The van der Waals surface area contributed by atoms with E-state index in [1.165, 1.54) is 18.5 Å². The van der Waals surface area contributed by atoms with Gasteiger partial charge in [0.25, 0.3) is 0 Å². The Labute approximate surface area is 116 Å². The molecule has 1 heterocycles. The van der Waals surface area contributed by atoms with E-state index < -0.39 is 11.7 Å². The molecule has 2 aromatic rings. The van der Waals surface area contributed by atoms with Gasteiger partial charge in [-0.1, -0.05) is 23.2 Å². The van der Waals surface area contributed by atoms with Crippen molar-refractivity contribution in [2.24, 2.45) is 0 Å². The zero-order valence-electron chi connectivity index (χ0n) is 9.17. The van der Waals surface area contributed by atoms with Crippen LogP contribution >= 0.6 is 23.2 Å². The number of anilines is 2. The van der Waals surface area contributed by atoms with Gasteiger partial charge < -0.3 is 5.32 Å². The van der Waals surface area contributed by atoms with Crippen LogP contribution in [-0.2, 0) is 6.18 Å². The van der Waals surface area contributed by atoms with Crippen molar-refractivity contribution in [1.82, 2.24) is 9.97 Å². The van der Waals surface area contributed by atoms with E-state index in [1.54, 1.807) is 0 Å². The molecule has 0 atom stereocenters. The van der Waals surface area contributed by atoms with Crippen molar-refractivity contribution in [3.63, 3.8) is 0 Å². The van der Waals surface area contributed by atoms with Gasteiger partial charge in [0.2, 0.25) is 0 Å². The Bertz CT molecular complexity index is 602. The Balaban J connectivity index is 2.30. The van der Waals surface area contributed by atoms with Crippen molar-refractivity contribution >= 4 is 34.7 Å². The molecule has 0 bridgehead atoms. The Morgan fingerprint density at radius 2 is 1.74 bits per heavy atom. The number of hydrogen-bond donors (Lipinski definition) is 1. The van der Waals surface area contributed by atoms with Crippen LogP contribution < -0.4 is 5.32 Å². The zero-order valence-corrected chi connectivity index (χ0v) is 10.7. The van der Waals surface area contributed by atoms with E-state index >= 15 is 0 Å². The fraction of sp³-hybridized carbons (Fsp3) is 0.0909. The first-order valence-electron chi connectivity index (χ1n) is 4.98. The lowest BCUT2D eigenvalue weighted by molar-refractivity contribution is -0.137. The Morgan fingerprint density at radius 1 is 1.05 bits per heavy atom. The molecule has 3 nitrogen and oxygen atoms in total. The van der Waals surface area contributed by atoms with Crippen molar-refractivity contribution in [3.8, 4) is 0 Å². The molecule has 0 radical (unpaired) electrons. The van der Waals surface area contributed by atoms with Gasteiger partial charge in [-0.2, -0.15) is 13.2 Å². The predicted molar refractivity (Wildman–Crippen MR) is 66.8 cm³/mol. The minimum atomic E-state index is -4.44. The fourth-order valence-corrected chi connectivity index (χ4v) is 1.71. The van der Waals surface area contributed by atoms with Crippen LogP contribution in [0.2, 0.25) is 10.2 Å². The second kappa shape index (κ2) is 5.22. The minimum Gasteiger partial charge on any atom is -0.336 e. The highest BCUT2D eigenvalue weighted by Gasteiger charge is 2.30. The van der Waals surface area contributed by atoms with Gasteiger partial charge in [0.15, 0.2) is 11.0 Å². The topological polar surface area (TPSA) is 37.8 Å². The van der Waals surface area contributed by atoms with E-state index in [0.717, 1.165) is 12.1 Å². The lowest BCUT2D eigenvalue weighted by Crippen LogP contribution is -2.05. The molecule has 0 aliphatic rings. The summed E-state index contributed by atoms with van der Waals surface area (Å²) in [6.07, 6.45) is -1.65. The van der Waals surface area contributed by atoms with E-state index in [2.05, 4.69) is 15.3 Å². The number of nitrogens with zero attached hydrogens (tertiary/aromatic N) is 2. The van der Waals surface area contributed by atoms with Crippen LogP contribution in [0.1, 0.15) is 5.56 Å². The summed E-state index contributed by atoms with van der Waals surface area (Å²) in [6, 6.07) is 2.95. The van der Waals surface area contributed by atoms with E-state index in [0.29, 0.717) is 0 Å². The lowest BCUT2D eigenvalue weighted by Gasteiger charge is -2.11. The van der Waals surface area contributed by atoms with Gasteiger partial charge >= 0.3 is 6.18 Å². The molecule has 2 rings (SSSR count). The van der Waals surface area contributed by atoms with Crippen molar-refractivity contribution in [3.05, 3.63) is 46.3 Å². The smallest absolute Gasteiger partial charge is 0.336 e. The van der Waals surface area contributed by atoms with E-state index in [-0.39, 0.29) is 21.7 Å². The summed E-state index contributed by atoms with van der Waals surface area (Å²) in [5, 5.41) is 2.72. The van der Waals surface area contributed by atoms with Gasteiger partial charge in [-0.3, -0.25) is 0 Å². The molecule has 19 heavy (non-hydrogen) atoms. The standard InChI is InChI=1S/C11H6Cl2F3N3/c12-7-5-6(11(14,15)16)1-2-8(7)19-10-9(13)17-3-4-18-10/h1-5H,(H,18,19). The monoisotopic (exact) mass is 307 g/mol. The third-order valence-corrected chi connectivity index (χ3v) is 2.79. The first-order valence-corrected chi connectivity index (χ1v) is 5.74. The van der Waals surface area contributed by atoms with Crippen molar-refractivity contribution < 1.29 is 13.2 Å². The summed E-state index contributed by atoms with van der Waals surface area (Å²) in [6.45, 7) is 0. The predicted octanol–water partition coefficient (Wildman–Crippen LogP) is 4.55. The Morgan fingerprint density at radius 3 is 2.32 bits per heavy atom. The Kier molecular flexibility index (Phi) is 3.82. The maximum absolute atomic E-state index is 12.5. The molecule has 0 saturated carbocycles. The van der Waals surface area contributed by atoms with Crippen LogP contribution in [-0.4, -0.2) is 9.97 Å². The molecule has 0 aliphatic heterocycles. The highest BCUT2D eigenvalue weighted by molar-refractivity contribution is 6.34. The number of hydrogen-bond acceptors (Lipinski definition) is 3. The number of halogens is 5. The normalized spacial score (nSPS) is 11.4. The zero-order chi connectivity index (χ0) is 14.0. The van der Waals surface area contributed by atoms with Crippen LogP contribution in [0, 0.1) is 0 Å². The van der Waals surface area contributed by atoms with Gasteiger partial charge in [0.1, 0.15) is 0 Å². The van der Waals surface area contributed by atoms with Crippen molar-refractivity contribution in [2.75, 3.05) is 5.32 Å². The molecule has 0 unspecified atom stereocenters. The average Bonchev–Trinajstić information content (AvgIpc) is 2.33. The molecule has 0 saturated heterocycles. The molecular weight excluding hydrogens is 302 g/mol. The van der Waals surface area contributed by atoms with Gasteiger partial charge in [-0.15, -0.1) is 0 Å². The van der Waals surface area contributed by atoms with Crippen LogP contribution in [0.5, 0.6) is 0 Å². The molecule has 0 fully saturated rings. The van der Waals surface area contributed by atoms with Crippen molar-refractivity contribution in [1.29, 1.82) is 0 Å². The van der Waals surface area contributed by atoms with Crippen LogP contribution in [0.4, 0.5) is 24.7 Å². The summed E-state index contributed by atoms with van der Waals surface area (Å²) in [7, 11) is 0. The van der Waals surface area contributed by atoms with Gasteiger partial charge in [0.05, 0.1) is 16.3 Å². The lowest BCUT2D eigenvalue weighted by atomic mass is 10.2. The summed E-state index contributed by atoms with van der Waals surface area (Å²) < 4.78 is 37.4. The number of aromatic nitrogens is 2. The second-order valence-electron chi connectivity index (χ2n) is 3.51. The molecule has 1 aromatic heterocycles. The summed E-state index contributed by atoms with van der Waals surface area (Å²) >= 11 is 11.6. The average molecular weight is 308 g/mol. The van der Waals surface area contributed by atoms with E-state index in [9.17, 15) is 13.2 Å². The Hall–Kier alpha value is -1.53. The molecule has 0 aliphatic carbocycles. The number of alkyl halides is 3. The summed E-state index contributed by atoms with van der Waals surface area (Å²) in [5.41, 5.74) is -0.564. The van der Waals surface area contributed by atoms with E-state index in [1.807, 2.05) is 0 Å². The third-order valence-electron chi connectivity index (χ3n) is 2.20. The number of nitrogens with one attached hydrogen (secondary N) is 1. The van der Waals surface area contributed by atoms with Gasteiger partial charge in [-0.25, -0.2) is 9.97 Å². The fourth-order valence-electron chi connectivity index (χ4n) is 1.33. The minimum absolute atomic E-state index is 0.0865. The first-order chi connectivity index (χ1) is 8.88. The van der Waals surface area contributed by atoms with E-state index in [4.69, 9.17) is 23.2 Å². The quantitative estimate of drug-likeness (QED) is 0.884. The maximum Gasteiger partial charge on any atom is 0.416 e. The highest BCUT2D eigenvalue weighted by atomic mass is 35.5. The number of benzene rings is 1. The molecule has 100 valence electrons. The molecule has 1 N–H and O–H groups in total. The van der Waals surface area contributed by atoms with Crippen LogP contribution in [0.25, 0.3) is 0 Å². The molecule has 0 spiro atoms. The molecule has 1 aromatic carbocycles. The highest BCUT2D eigenvalue weighted by Crippen LogP contribution is 2.34. The van der Waals surface area contributed by atoms with Crippen molar-refractivity contribution in [2.45, 2.75) is 6.18 Å². The van der Waals surface area contributed by atoms with Gasteiger partial charge in [0, 0.05) is 12.4 Å². The van der Waals surface area contributed by atoms with Crippen LogP contribution in [0.15, 0.2) is 30.6 Å². The summed E-state index contributed by atoms with van der Waals surface area (Å²) in [5.74, 6) is 0.214. The number of rotatable bonds is 2.